The minimum atomic E-state index is 0.0354. The van der Waals surface area contributed by atoms with Gasteiger partial charge in [-0.15, -0.1) is 0 Å². The SMILES string of the molecule is O=C(NC[C@H]1NC[C@@H]2C[C@@H]21)c1cccc2c1CCO2. The zero-order valence-electron chi connectivity index (χ0n) is 10.8. The molecule has 1 saturated heterocycles. The minimum absolute atomic E-state index is 0.0354. The van der Waals surface area contributed by atoms with E-state index in [0.29, 0.717) is 12.6 Å². The maximum Gasteiger partial charge on any atom is 0.251 e. The topological polar surface area (TPSA) is 50.4 Å². The first-order valence-electron chi connectivity index (χ1n) is 7.09. The molecule has 0 aromatic heterocycles. The summed E-state index contributed by atoms with van der Waals surface area (Å²) in [5.74, 6) is 2.57. The van der Waals surface area contributed by atoms with Crippen molar-refractivity contribution >= 4 is 5.91 Å². The molecule has 2 aliphatic heterocycles. The highest BCUT2D eigenvalue weighted by atomic mass is 16.5. The summed E-state index contributed by atoms with van der Waals surface area (Å²) in [5.41, 5.74) is 1.84. The van der Waals surface area contributed by atoms with Crippen LogP contribution in [0.4, 0.5) is 0 Å². The molecule has 1 aromatic rings. The fraction of sp³-hybridized carbons (Fsp3) is 0.533. The lowest BCUT2D eigenvalue weighted by Gasteiger charge is -2.15. The van der Waals surface area contributed by atoms with E-state index in [4.69, 9.17) is 4.74 Å². The van der Waals surface area contributed by atoms with Crippen LogP contribution in [-0.2, 0) is 6.42 Å². The Labute approximate surface area is 112 Å². The Bertz CT molecular complexity index is 529. The molecule has 2 fully saturated rings. The molecule has 0 radical (unpaired) electrons. The van der Waals surface area contributed by atoms with E-state index in [0.717, 1.165) is 48.2 Å². The van der Waals surface area contributed by atoms with Gasteiger partial charge in [-0.3, -0.25) is 4.79 Å². The van der Waals surface area contributed by atoms with E-state index < -0.39 is 0 Å². The van der Waals surface area contributed by atoms with Crippen LogP contribution >= 0.6 is 0 Å². The second-order valence-electron chi connectivity index (χ2n) is 5.77. The van der Waals surface area contributed by atoms with Gasteiger partial charge in [0, 0.05) is 30.1 Å². The Morgan fingerprint density at radius 2 is 2.42 bits per heavy atom. The molecule has 4 heteroatoms. The predicted octanol–water partition coefficient (Wildman–Crippen LogP) is 0.959. The summed E-state index contributed by atoms with van der Waals surface area (Å²) < 4.78 is 5.50. The molecule has 19 heavy (non-hydrogen) atoms. The van der Waals surface area contributed by atoms with Crippen molar-refractivity contribution < 1.29 is 9.53 Å². The first kappa shape index (κ1) is 11.3. The van der Waals surface area contributed by atoms with Gasteiger partial charge in [-0.1, -0.05) is 6.07 Å². The summed E-state index contributed by atoms with van der Waals surface area (Å²) in [6.07, 6.45) is 2.17. The fourth-order valence-electron chi connectivity index (χ4n) is 3.41. The number of carbonyl (C=O) groups excluding carboxylic acids is 1. The summed E-state index contributed by atoms with van der Waals surface area (Å²) in [4.78, 5) is 12.3. The Balaban J connectivity index is 1.44. The van der Waals surface area contributed by atoms with Crippen LogP contribution in [0.3, 0.4) is 0 Å². The molecule has 0 unspecified atom stereocenters. The zero-order chi connectivity index (χ0) is 12.8. The minimum Gasteiger partial charge on any atom is -0.493 e. The molecule has 1 aliphatic carbocycles. The van der Waals surface area contributed by atoms with Crippen molar-refractivity contribution in [1.29, 1.82) is 0 Å². The van der Waals surface area contributed by atoms with Crippen LogP contribution in [0.2, 0.25) is 0 Å². The number of hydrogen-bond acceptors (Lipinski definition) is 3. The lowest BCUT2D eigenvalue weighted by atomic mass is 10.0. The van der Waals surface area contributed by atoms with E-state index in [1.54, 1.807) is 0 Å². The summed E-state index contributed by atoms with van der Waals surface area (Å²) in [6.45, 7) is 2.55. The third kappa shape index (κ3) is 1.91. The van der Waals surface area contributed by atoms with Crippen molar-refractivity contribution in [1.82, 2.24) is 10.6 Å². The van der Waals surface area contributed by atoms with E-state index in [1.165, 1.54) is 6.42 Å². The molecule has 3 aliphatic rings. The summed E-state index contributed by atoms with van der Waals surface area (Å²) in [6, 6.07) is 6.20. The molecule has 2 heterocycles. The number of benzene rings is 1. The van der Waals surface area contributed by atoms with E-state index in [1.807, 2.05) is 18.2 Å². The maximum absolute atomic E-state index is 12.3. The second kappa shape index (κ2) is 4.23. The molecule has 4 nitrogen and oxygen atoms in total. The molecule has 100 valence electrons. The molecule has 4 rings (SSSR count). The van der Waals surface area contributed by atoms with Gasteiger partial charge >= 0.3 is 0 Å². The highest BCUT2D eigenvalue weighted by Crippen LogP contribution is 2.44. The van der Waals surface area contributed by atoms with Gasteiger partial charge in [-0.05, 0) is 36.9 Å². The molecule has 1 saturated carbocycles. The van der Waals surface area contributed by atoms with Crippen molar-refractivity contribution in [2.24, 2.45) is 11.8 Å². The van der Waals surface area contributed by atoms with Crippen LogP contribution in [0.15, 0.2) is 18.2 Å². The second-order valence-corrected chi connectivity index (χ2v) is 5.77. The molecule has 3 atom stereocenters. The van der Waals surface area contributed by atoms with Crippen LogP contribution in [-0.4, -0.2) is 31.6 Å². The van der Waals surface area contributed by atoms with Crippen molar-refractivity contribution in [2.45, 2.75) is 18.9 Å². The van der Waals surface area contributed by atoms with Crippen LogP contribution in [0, 0.1) is 11.8 Å². The summed E-state index contributed by atoms with van der Waals surface area (Å²) >= 11 is 0. The normalized spacial score (nSPS) is 30.4. The number of hydrogen-bond donors (Lipinski definition) is 2. The average Bonchev–Trinajstić information content (AvgIpc) is 2.87. The molecule has 0 spiro atoms. The highest BCUT2D eigenvalue weighted by Gasteiger charge is 2.47. The van der Waals surface area contributed by atoms with E-state index in [9.17, 15) is 4.79 Å². The monoisotopic (exact) mass is 258 g/mol. The quantitative estimate of drug-likeness (QED) is 0.849. The number of amides is 1. The third-order valence-electron chi connectivity index (χ3n) is 4.61. The molecule has 1 amide bonds. The van der Waals surface area contributed by atoms with Gasteiger partial charge in [0.15, 0.2) is 0 Å². The van der Waals surface area contributed by atoms with Gasteiger partial charge in [0.25, 0.3) is 5.91 Å². The van der Waals surface area contributed by atoms with E-state index in [2.05, 4.69) is 10.6 Å². The Morgan fingerprint density at radius 3 is 3.21 bits per heavy atom. The average molecular weight is 258 g/mol. The third-order valence-corrected chi connectivity index (χ3v) is 4.61. The smallest absolute Gasteiger partial charge is 0.251 e. The van der Waals surface area contributed by atoms with Gasteiger partial charge in [0.05, 0.1) is 6.61 Å². The van der Waals surface area contributed by atoms with Crippen LogP contribution in [0.5, 0.6) is 5.75 Å². The van der Waals surface area contributed by atoms with E-state index >= 15 is 0 Å². The number of piperidine rings is 1. The highest BCUT2D eigenvalue weighted by molar-refractivity contribution is 5.96. The number of fused-ring (bicyclic) bond motifs is 2. The lowest BCUT2D eigenvalue weighted by molar-refractivity contribution is 0.0948. The van der Waals surface area contributed by atoms with Crippen molar-refractivity contribution in [3.63, 3.8) is 0 Å². The van der Waals surface area contributed by atoms with Crippen LogP contribution in [0.1, 0.15) is 22.3 Å². The van der Waals surface area contributed by atoms with Gasteiger partial charge in [-0.2, -0.15) is 0 Å². The molecular formula is C15H18N2O2. The van der Waals surface area contributed by atoms with Gasteiger partial charge < -0.3 is 15.4 Å². The standard InChI is InChI=1S/C15H18N2O2/c18-15(17-8-13-12-6-9(12)7-16-13)11-2-1-3-14-10(11)4-5-19-14/h1-3,9,12-13,16H,4-8H2,(H,17,18)/t9-,12-,13+/m0/s1. The number of rotatable bonds is 3. The molecule has 0 bridgehead atoms. The fourth-order valence-corrected chi connectivity index (χ4v) is 3.41. The van der Waals surface area contributed by atoms with Crippen molar-refractivity contribution in [3.05, 3.63) is 29.3 Å². The summed E-state index contributed by atoms with van der Waals surface area (Å²) in [7, 11) is 0. The van der Waals surface area contributed by atoms with Gasteiger partial charge in [0.2, 0.25) is 0 Å². The zero-order valence-corrected chi connectivity index (χ0v) is 10.8. The largest absolute Gasteiger partial charge is 0.493 e. The first-order chi connectivity index (χ1) is 9.33. The first-order valence-corrected chi connectivity index (χ1v) is 7.09. The number of ether oxygens (including phenoxy) is 1. The maximum atomic E-state index is 12.3. The van der Waals surface area contributed by atoms with Crippen molar-refractivity contribution in [3.8, 4) is 5.75 Å². The molecule has 2 N–H and O–H groups in total. The number of nitrogens with one attached hydrogen (secondary N) is 2. The van der Waals surface area contributed by atoms with Gasteiger partial charge in [-0.25, -0.2) is 0 Å². The van der Waals surface area contributed by atoms with Gasteiger partial charge in [0.1, 0.15) is 5.75 Å². The Kier molecular flexibility index (Phi) is 2.52. The Hall–Kier alpha value is -1.55. The Morgan fingerprint density at radius 1 is 1.47 bits per heavy atom. The predicted molar refractivity (Wildman–Crippen MR) is 71.4 cm³/mol. The number of carbonyl (C=O) groups is 1. The van der Waals surface area contributed by atoms with Crippen LogP contribution < -0.4 is 15.4 Å². The summed E-state index contributed by atoms with van der Waals surface area (Å²) in [5, 5.41) is 6.55. The molecule has 1 aromatic carbocycles. The van der Waals surface area contributed by atoms with E-state index in [-0.39, 0.29) is 5.91 Å². The lowest BCUT2D eigenvalue weighted by Crippen LogP contribution is -2.39. The van der Waals surface area contributed by atoms with Crippen LogP contribution in [0.25, 0.3) is 0 Å². The van der Waals surface area contributed by atoms with Crippen molar-refractivity contribution in [2.75, 3.05) is 19.7 Å². The molecular weight excluding hydrogens is 240 g/mol.